The monoisotopic (exact) mass is 411 g/mol. The predicted molar refractivity (Wildman–Crippen MR) is 106 cm³/mol. The Morgan fingerprint density at radius 3 is 2.69 bits per heavy atom. The molecule has 1 aromatic carbocycles. The third kappa shape index (κ3) is 3.92. The van der Waals surface area contributed by atoms with E-state index in [-0.39, 0.29) is 23.9 Å². The summed E-state index contributed by atoms with van der Waals surface area (Å²) in [4.78, 5) is 21.2. The van der Waals surface area contributed by atoms with Crippen molar-refractivity contribution in [3.05, 3.63) is 78.1 Å². The minimum atomic E-state index is -3.73. The van der Waals surface area contributed by atoms with Gasteiger partial charge in [-0.25, -0.2) is 13.4 Å². The zero-order valence-electron chi connectivity index (χ0n) is 15.9. The molecule has 150 valence electrons. The van der Waals surface area contributed by atoms with E-state index in [1.807, 2.05) is 13.0 Å². The van der Waals surface area contributed by atoms with Crippen LogP contribution in [0.15, 0.2) is 66.2 Å². The van der Waals surface area contributed by atoms with Crippen molar-refractivity contribution in [3.8, 4) is 0 Å². The maximum atomic E-state index is 13.1. The molecular formula is C20H21N5O3S. The summed E-state index contributed by atoms with van der Waals surface area (Å²) < 4.78 is 29.3. The van der Waals surface area contributed by atoms with Crippen molar-refractivity contribution in [1.29, 1.82) is 0 Å². The standard InChI is InChI=1S/C20H21N5O3S/c1-15-4-6-18(7-5-15)29(27,28)24-12-17-11-22-14-25(17)19(13-24)20(26)23-10-16-3-2-8-21-9-16/h2-9,11,14,19H,10,12-13H2,1H3,(H,23,26)/t19-/m0/s1. The molecule has 0 saturated carbocycles. The summed E-state index contributed by atoms with van der Waals surface area (Å²) in [5.74, 6) is -0.267. The van der Waals surface area contributed by atoms with E-state index in [1.54, 1.807) is 59.8 Å². The number of benzene rings is 1. The topological polar surface area (TPSA) is 97.2 Å². The van der Waals surface area contributed by atoms with Gasteiger partial charge in [-0.05, 0) is 30.7 Å². The molecule has 1 aliphatic rings. The highest BCUT2D eigenvalue weighted by atomic mass is 32.2. The lowest BCUT2D eigenvalue weighted by molar-refractivity contribution is -0.125. The second-order valence-corrected chi connectivity index (χ2v) is 8.94. The number of pyridine rings is 1. The molecular weight excluding hydrogens is 390 g/mol. The van der Waals surface area contributed by atoms with Crippen LogP contribution in [-0.2, 0) is 27.9 Å². The maximum Gasteiger partial charge on any atom is 0.244 e. The van der Waals surface area contributed by atoms with E-state index >= 15 is 0 Å². The molecule has 0 fully saturated rings. The average molecular weight is 411 g/mol. The first kappa shape index (κ1) is 19.3. The second-order valence-electron chi connectivity index (χ2n) is 7.00. The summed E-state index contributed by atoms with van der Waals surface area (Å²) in [7, 11) is -3.73. The van der Waals surface area contributed by atoms with Gasteiger partial charge >= 0.3 is 0 Å². The van der Waals surface area contributed by atoms with Crippen molar-refractivity contribution < 1.29 is 13.2 Å². The molecule has 0 saturated heterocycles. The number of fused-ring (bicyclic) bond motifs is 1. The van der Waals surface area contributed by atoms with Crippen LogP contribution in [0.2, 0.25) is 0 Å². The molecule has 1 aliphatic heterocycles. The van der Waals surface area contributed by atoms with Crippen LogP contribution in [0.25, 0.3) is 0 Å². The van der Waals surface area contributed by atoms with Gasteiger partial charge in [0.2, 0.25) is 15.9 Å². The highest BCUT2D eigenvalue weighted by Gasteiger charge is 2.36. The smallest absolute Gasteiger partial charge is 0.244 e. The lowest BCUT2D eigenvalue weighted by atomic mass is 10.2. The Bertz CT molecular complexity index is 1110. The Morgan fingerprint density at radius 2 is 1.97 bits per heavy atom. The van der Waals surface area contributed by atoms with Gasteiger partial charge in [-0.3, -0.25) is 9.78 Å². The highest BCUT2D eigenvalue weighted by Crippen LogP contribution is 2.27. The van der Waals surface area contributed by atoms with Gasteiger partial charge in [0.1, 0.15) is 6.04 Å². The molecule has 2 aromatic heterocycles. The molecule has 3 heterocycles. The van der Waals surface area contributed by atoms with Crippen LogP contribution in [-0.4, -0.2) is 39.7 Å². The van der Waals surface area contributed by atoms with E-state index < -0.39 is 16.1 Å². The number of nitrogens with one attached hydrogen (secondary N) is 1. The Kier molecular flexibility index (Phi) is 5.16. The van der Waals surface area contributed by atoms with Gasteiger partial charge in [-0.15, -0.1) is 0 Å². The summed E-state index contributed by atoms with van der Waals surface area (Å²) in [6.45, 7) is 2.43. The first-order chi connectivity index (χ1) is 13.9. The van der Waals surface area contributed by atoms with Gasteiger partial charge < -0.3 is 9.88 Å². The molecule has 29 heavy (non-hydrogen) atoms. The first-order valence-corrected chi connectivity index (χ1v) is 10.6. The van der Waals surface area contributed by atoms with Crippen LogP contribution in [0, 0.1) is 6.92 Å². The van der Waals surface area contributed by atoms with E-state index in [2.05, 4.69) is 15.3 Å². The molecule has 1 amide bonds. The summed E-state index contributed by atoms with van der Waals surface area (Å²) in [6, 6.07) is 9.68. The second kappa shape index (κ2) is 7.76. The molecule has 1 atom stereocenters. The molecule has 9 heteroatoms. The summed E-state index contributed by atoms with van der Waals surface area (Å²) >= 11 is 0. The van der Waals surface area contributed by atoms with E-state index in [4.69, 9.17) is 0 Å². The number of carbonyl (C=O) groups excluding carboxylic acids is 1. The van der Waals surface area contributed by atoms with E-state index in [1.165, 1.54) is 4.31 Å². The van der Waals surface area contributed by atoms with Crippen LogP contribution >= 0.6 is 0 Å². The average Bonchev–Trinajstić information content (AvgIpc) is 3.21. The number of nitrogens with zero attached hydrogens (tertiary/aromatic N) is 4. The summed E-state index contributed by atoms with van der Waals surface area (Å²) in [6.07, 6.45) is 6.51. The minimum Gasteiger partial charge on any atom is -0.350 e. The minimum absolute atomic E-state index is 0.0401. The van der Waals surface area contributed by atoms with Gasteiger partial charge in [-0.2, -0.15) is 4.31 Å². The van der Waals surface area contributed by atoms with Crippen molar-refractivity contribution in [3.63, 3.8) is 0 Å². The van der Waals surface area contributed by atoms with Crippen LogP contribution in [0.3, 0.4) is 0 Å². The van der Waals surface area contributed by atoms with Crippen molar-refractivity contribution >= 4 is 15.9 Å². The Balaban J connectivity index is 1.57. The molecule has 8 nitrogen and oxygen atoms in total. The normalized spacial score (nSPS) is 16.9. The zero-order chi connectivity index (χ0) is 20.4. The molecule has 4 rings (SSSR count). The molecule has 0 bridgehead atoms. The van der Waals surface area contributed by atoms with Crippen LogP contribution in [0.4, 0.5) is 0 Å². The van der Waals surface area contributed by atoms with Crippen molar-refractivity contribution in [1.82, 2.24) is 24.2 Å². The highest BCUT2D eigenvalue weighted by molar-refractivity contribution is 7.89. The summed E-state index contributed by atoms with van der Waals surface area (Å²) in [5, 5.41) is 2.87. The van der Waals surface area contributed by atoms with Gasteiger partial charge in [-0.1, -0.05) is 23.8 Å². The quantitative estimate of drug-likeness (QED) is 0.689. The van der Waals surface area contributed by atoms with Gasteiger partial charge in [0.15, 0.2) is 0 Å². The third-order valence-electron chi connectivity index (χ3n) is 4.95. The van der Waals surface area contributed by atoms with Crippen molar-refractivity contribution in [2.75, 3.05) is 6.54 Å². The van der Waals surface area contributed by atoms with Crippen molar-refractivity contribution in [2.24, 2.45) is 0 Å². The number of sulfonamides is 1. The number of aryl methyl sites for hydroxylation is 1. The lowest BCUT2D eigenvalue weighted by Crippen LogP contribution is -2.46. The molecule has 0 aliphatic carbocycles. The SMILES string of the molecule is Cc1ccc(S(=O)(=O)N2Cc3cncn3[C@H](C(=O)NCc3cccnc3)C2)cc1. The number of rotatable bonds is 5. The number of carbonyl (C=O) groups is 1. The summed E-state index contributed by atoms with van der Waals surface area (Å²) in [5.41, 5.74) is 2.52. The molecule has 0 unspecified atom stereocenters. The molecule has 0 spiro atoms. The fraction of sp³-hybridized carbons (Fsp3) is 0.250. The number of hydrogen-bond acceptors (Lipinski definition) is 5. The fourth-order valence-electron chi connectivity index (χ4n) is 3.32. The van der Waals surface area contributed by atoms with Gasteiger partial charge in [0, 0.05) is 31.7 Å². The maximum absolute atomic E-state index is 13.1. The van der Waals surface area contributed by atoms with E-state index in [0.29, 0.717) is 12.2 Å². The fourth-order valence-corrected chi connectivity index (χ4v) is 4.74. The zero-order valence-corrected chi connectivity index (χ0v) is 16.7. The Hall–Kier alpha value is -3.04. The number of hydrogen-bond donors (Lipinski definition) is 1. The lowest BCUT2D eigenvalue weighted by Gasteiger charge is -2.33. The molecule has 1 N–H and O–H groups in total. The van der Waals surface area contributed by atoms with Crippen LogP contribution < -0.4 is 5.32 Å². The molecule has 3 aromatic rings. The van der Waals surface area contributed by atoms with Crippen LogP contribution in [0.1, 0.15) is 22.9 Å². The third-order valence-corrected chi connectivity index (χ3v) is 6.77. The number of imidazole rings is 1. The van der Waals surface area contributed by atoms with E-state index in [9.17, 15) is 13.2 Å². The number of aromatic nitrogens is 3. The van der Waals surface area contributed by atoms with Crippen molar-refractivity contribution in [2.45, 2.75) is 31.0 Å². The Morgan fingerprint density at radius 1 is 1.17 bits per heavy atom. The first-order valence-electron chi connectivity index (χ1n) is 9.19. The van der Waals surface area contributed by atoms with Gasteiger partial charge in [0.05, 0.1) is 23.5 Å². The molecule has 0 radical (unpaired) electrons. The largest absolute Gasteiger partial charge is 0.350 e. The Labute approximate surface area is 169 Å². The number of amides is 1. The van der Waals surface area contributed by atoms with E-state index in [0.717, 1.165) is 11.1 Å². The van der Waals surface area contributed by atoms with Crippen LogP contribution in [0.5, 0.6) is 0 Å². The predicted octanol–water partition coefficient (Wildman–Crippen LogP) is 1.65. The van der Waals surface area contributed by atoms with Gasteiger partial charge in [0.25, 0.3) is 0 Å².